The van der Waals surface area contributed by atoms with E-state index >= 15 is 0 Å². The number of sulfonamides is 1. The van der Waals surface area contributed by atoms with Gasteiger partial charge in [0.2, 0.25) is 0 Å². The number of amides is 1. The summed E-state index contributed by atoms with van der Waals surface area (Å²) in [5.41, 5.74) is 1.71. The minimum absolute atomic E-state index is 0.0306. The molecule has 1 aliphatic heterocycles. The van der Waals surface area contributed by atoms with Crippen molar-refractivity contribution in [3.63, 3.8) is 0 Å². The molecule has 0 aromatic heterocycles. The number of ether oxygens (including phenoxy) is 2. The fourth-order valence-electron chi connectivity index (χ4n) is 3.41. The van der Waals surface area contributed by atoms with Gasteiger partial charge in [0, 0.05) is 11.0 Å². The summed E-state index contributed by atoms with van der Waals surface area (Å²) in [4.78, 5) is 14.8. The van der Waals surface area contributed by atoms with E-state index in [0.29, 0.717) is 28.6 Å². The van der Waals surface area contributed by atoms with Crippen molar-refractivity contribution in [2.24, 2.45) is 4.40 Å². The summed E-state index contributed by atoms with van der Waals surface area (Å²) in [6.45, 7) is 4.18. The van der Waals surface area contributed by atoms with Gasteiger partial charge in [0.05, 0.1) is 16.9 Å². The number of amidine groups is 1. The van der Waals surface area contributed by atoms with Crippen LogP contribution in [-0.4, -0.2) is 38.0 Å². The van der Waals surface area contributed by atoms with Crippen LogP contribution in [0.1, 0.15) is 11.1 Å². The van der Waals surface area contributed by atoms with E-state index in [1.807, 2.05) is 30.3 Å². The van der Waals surface area contributed by atoms with Crippen LogP contribution < -0.4 is 9.47 Å². The molecule has 7 nitrogen and oxygen atoms in total. The van der Waals surface area contributed by atoms with Gasteiger partial charge in [-0.05, 0) is 65.4 Å². The number of rotatable bonds is 9. The normalized spacial score (nSPS) is 15.8. The van der Waals surface area contributed by atoms with Crippen LogP contribution in [0, 0.1) is 0 Å². The number of benzene rings is 3. The Morgan fingerprint density at radius 2 is 1.78 bits per heavy atom. The molecule has 0 atom stereocenters. The van der Waals surface area contributed by atoms with E-state index in [1.165, 1.54) is 23.1 Å². The van der Waals surface area contributed by atoms with Crippen LogP contribution in [0.3, 0.4) is 0 Å². The maximum absolute atomic E-state index is 13.1. The molecule has 10 heteroatoms. The second-order valence-corrected chi connectivity index (χ2v) is 11.3. The molecule has 0 spiro atoms. The summed E-state index contributed by atoms with van der Waals surface area (Å²) >= 11 is 4.28. The van der Waals surface area contributed by atoms with Gasteiger partial charge >= 0.3 is 0 Å². The van der Waals surface area contributed by atoms with E-state index in [4.69, 9.17) is 9.47 Å². The highest BCUT2D eigenvalue weighted by atomic mass is 79.9. The van der Waals surface area contributed by atoms with Crippen LogP contribution in [0.2, 0.25) is 0 Å². The van der Waals surface area contributed by atoms with Gasteiger partial charge in [-0.2, -0.15) is 8.42 Å². The molecule has 0 N–H and O–H groups in total. The Morgan fingerprint density at radius 1 is 1.05 bits per heavy atom. The van der Waals surface area contributed by atoms with Crippen LogP contribution in [0.4, 0.5) is 0 Å². The number of thioether (sulfide) groups is 1. The lowest BCUT2D eigenvalue weighted by atomic mass is 10.1. The molecule has 0 bridgehead atoms. The van der Waals surface area contributed by atoms with Crippen molar-refractivity contribution in [1.29, 1.82) is 0 Å². The topological polar surface area (TPSA) is 85.3 Å². The van der Waals surface area contributed by atoms with Crippen molar-refractivity contribution in [2.45, 2.75) is 11.5 Å². The highest BCUT2D eigenvalue weighted by Crippen LogP contribution is 2.36. The van der Waals surface area contributed by atoms with Crippen molar-refractivity contribution in [2.75, 3.05) is 13.7 Å². The van der Waals surface area contributed by atoms with Crippen LogP contribution in [0.25, 0.3) is 6.08 Å². The quantitative estimate of drug-likeness (QED) is 0.226. The van der Waals surface area contributed by atoms with Gasteiger partial charge in [-0.1, -0.05) is 58.4 Å². The molecule has 0 saturated carbocycles. The second-order valence-electron chi connectivity index (χ2n) is 7.80. The van der Waals surface area contributed by atoms with Gasteiger partial charge in [0.25, 0.3) is 15.9 Å². The lowest BCUT2D eigenvalue weighted by Gasteiger charge is -2.12. The monoisotopic (exact) mass is 598 g/mol. The van der Waals surface area contributed by atoms with Crippen LogP contribution >= 0.6 is 27.7 Å². The second kappa shape index (κ2) is 11.8. The first-order valence-electron chi connectivity index (χ1n) is 11.1. The van der Waals surface area contributed by atoms with Gasteiger partial charge in [-0.3, -0.25) is 9.69 Å². The smallest absolute Gasteiger partial charge is 0.284 e. The number of carbonyl (C=O) groups excluding carboxylic acids is 1. The number of nitrogens with zero attached hydrogens (tertiary/aromatic N) is 2. The molecule has 1 amide bonds. The average Bonchev–Trinajstić information content (AvgIpc) is 3.17. The third-order valence-corrected chi connectivity index (χ3v) is 8.16. The van der Waals surface area contributed by atoms with E-state index in [9.17, 15) is 13.2 Å². The van der Waals surface area contributed by atoms with Crippen molar-refractivity contribution in [3.8, 4) is 11.5 Å². The molecule has 190 valence electrons. The maximum Gasteiger partial charge on any atom is 0.284 e. The molecule has 1 heterocycles. The molecule has 0 radical (unpaired) electrons. The molecule has 1 fully saturated rings. The molecule has 0 aliphatic carbocycles. The van der Waals surface area contributed by atoms with E-state index in [1.54, 1.807) is 43.5 Å². The Balaban J connectivity index is 1.59. The molecule has 0 unspecified atom stereocenters. The van der Waals surface area contributed by atoms with Gasteiger partial charge in [-0.25, -0.2) is 0 Å². The fourth-order valence-corrected chi connectivity index (χ4v) is 5.86. The van der Waals surface area contributed by atoms with Gasteiger partial charge in [0.15, 0.2) is 16.7 Å². The third-order valence-electron chi connectivity index (χ3n) is 5.23. The predicted octanol–water partition coefficient (Wildman–Crippen LogP) is 5.88. The average molecular weight is 600 g/mol. The summed E-state index contributed by atoms with van der Waals surface area (Å²) < 4.78 is 41.9. The number of hydrogen-bond donors (Lipinski definition) is 0. The van der Waals surface area contributed by atoms with Gasteiger partial charge in [-0.15, -0.1) is 11.0 Å². The minimum atomic E-state index is -4.02. The third kappa shape index (κ3) is 6.51. The van der Waals surface area contributed by atoms with Crippen molar-refractivity contribution < 1.29 is 22.7 Å². The van der Waals surface area contributed by atoms with Crippen molar-refractivity contribution >= 4 is 54.9 Å². The molecule has 3 aromatic carbocycles. The molecular weight excluding hydrogens is 576 g/mol. The zero-order valence-corrected chi connectivity index (χ0v) is 23.1. The summed E-state index contributed by atoms with van der Waals surface area (Å²) in [5.74, 6) is 0.712. The zero-order chi connectivity index (χ0) is 26.4. The number of halogens is 1. The van der Waals surface area contributed by atoms with Crippen molar-refractivity contribution in [3.05, 3.63) is 106 Å². The first kappa shape index (κ1) is 26.7. The molecule has 3 aromatic rings. The summed E-state index contributed by atoms with van der Waals surface area (Å²) in [6, 6.07) is 21.2. The Hall–Kier alpha value is -3.34. The summed E-state index contributed by atoms with van der Waals surface area (Å²) in [5, 5.41) is 0.0637. The molecule has 37 heavy (non-hydrogen) atoms. The zero-order valence-electron chi connectivity index (χ0n) is 19.8. The number of carbonyl (C=O) groups is 1. The van der Waals surface area contributed by atoms with Gasteiger partial charge in [0.1, 0.15) is 6.61 Å². The van der Waals surface area contributed by atoms with Crippen LogP contribution in [-0.2, 0) is 21.4 Å². The molecule has 1 saturated heterocycles. The van der Waals surface area contributed by atoms with E-state index in [2.05, 4.69) is 26.9 Å². The maximum atomic E-state index is 13.1. The van der Waals surface area contributed by atoms with E-state index in [0.717, 1.165) is 21.8 Å². The standard InChI is InChI=1S/C27H23BrN2O5S2/c1-3-15-30-26(31)25(36-27(30)29-37(32,33)22-12-10-21(28)11-13-22)17-20-9-14-23(24(16-20)34-2)35-18-19-7-5-4-6-8-19/h3-14,16-17H,1,15,18H2,2H3/b25-17-,29-27?. The summed E-state index contributed by atoms with van der Waals surface area (Å²) in [6.07, 6.45) is 3.19. The number of hydrogen-bond acceptors (Lipinski definition) is 6. The first-order valence-corrected chi connectivity index (χ1v) is 14.1. The molecule has 4 rings (SSSR count). The van der Waals surface area contributed by atoms with E-state index in [-0.39, 0.29) is 22.5 Å². The number of methoxy groups -OCH3 is 1. The lowest BCUT2D eigenvalue weighted by Crippen LogP contribution is -2.29. The minimum Gasteiger partial charge on any atom is -0.493 e. The van der Waals surface area contributed by atoms with Gasteiger partial charge < -0.3 is 9.47 Å². The Bertz CT molecular complexity index is 1470. The van der Waals surface area contributed by atoms with Crippen molar-refractivity contribution in [1.82, 2.24) is 4.90 Å². The Labute approximate surface area is 228 Å². The first-order chi connectivity index (χ1) is 17.8. The lowest BCUT2D eigenvalue weighted by molar-refractivity contribution is -0.121. The van der Waals surface area contributed by atoms with Crippen LogP contribution in [0.15, 0.2) is 104 Å². The highest BCUT2D eigenvalue weighted by Gasteiger charge is 2.34. The summed E-state index contributed by atoms with van der Waals surface area (Å²) in [7, 11) is -2.48. The van der Waals surface area contributed by atoms with Crippen LogP contribution in [0.5, 0.6) is 11.5 Å². The SMILES string of the molecule is C=CCN1C(=O)/C(=C/c2ccc(OCc3ccccc3)c(OC)c2)SC1=NS(=O)(=O)c1ccc(Br)cc1. The molecular formula is C27H23BrN2O5S2. The predicted molar refractivity (Wildman–Crippen MR) is 150 cm³/mol. The Kier molecular flexibility index (Phi) is 8.52. The largest absolute Gasteiger partial charge is 0.493 e. The fraction of sp³-hybridized carbons (Fsp3) is 0.111. The molecule has 1 aliphatic rings. The Morgan fingerprint density at radius 3 is 2.46 bits per heavy atom. The highest BCUT2D eigenvalue weighted by molar-refractivity contribution is 9.10. The van der Waals surface area contributed by atoms with E-state index < -0.39 is 10.0 Å².